The third-order valence-electron chi connectivity index (χ3n) is 3.53. The molecule has 112 valence electrons. The highest BCUT2D eigenvalue weighted by Crippen LogP contribution is 2.24. The predicted octanol–water partition coefficient (Wildman–Crippen LogP) is 3.86. The Hall–Kier alpha value is -1.36. The van der Waals surface area contributed by atoms with Gasteiger partial charge < -0.3 is 0 Å². The SMILES string of the molecule is C[C@H](c1ccc(Cl)cc1)N(C)S(=O)(=O)Cc1ccccc1. The van der Waals surface area contributed by atoms with E-state index < -0.39 is 10.0 Å². The van der Waals surface area contributed by atoms with Crippen LogP contribution in [0.3, 0.4) is 0 Å². The van der Waals surface area contributed by atoms with Crippen molar-refractivity contribution in [3.05, 3.63) is 70.7 Å². The van der Waals surface area contributed by atoms with Crippen LogP contribution in [0.1, 0.15) is 24.1 Å². The zero-order valence-electron chi connectivity index (χ0n) is 12.0. The molecule has 0 spiro atoms. The summed E-state index contributed by atoms with van der Waals surface area (Å²) >= 11 is 5.86. The smallest absolute Gasteiger partial charge is 0.212 e. The van der Waals surface area contributed by atoms with Crippen LogP contribution in [0, 0.1) is 0 Å². The molecule has 2 aromatic rings. The van der Waals surface area contributed by atoms with E-state index in [0.717, 1.165) is 11.1 Å². The molecule has 2 aromatic carbocycles. The number of halogens is 1. The summed E-state index contributed by atoms with van der Waals surface area (Å²) in [4.78, 5) is 0. The average molecular weight is 324 g/mol. The van der Waals surface area contributed by atoms with E-state index in [9.17, 15) is 8.42 Å². The monoisotopic (exact) mass is 323 g/mol. The molecule has 0 saturated carbocycles. The molecule has 0 aliphatic rings. The minimum atomic E-state index is -3.37. The maximum Gasteiger partial charge on any atom is 0.218 e. The van der Waals surface area contributed by atoms with Gasteiger partial charge in [-0.1, -0.05) is 54.1 Å². The van der Waals surface area contributed by atoms with Crippen molar-refractivity contribution in [2.75, 3.05) is 7.05 Å². The van der Waals surface area contributed by atoms with Crippen molar-refractivity contribution < 1.29 is 8.42 Å². The highest BCUT2D eigenvalue weighted by atomic mass is 35.5. The highest BCUT2D eigenvalue weighted by molar-refractivity contribution is 7.88. The van der Waals surface area contributed by atoms with E-state index in [0.29, 0.717) is 5.02 Å². The van der Waals surface area contributed by atoms with E-state index in [1.54, 1.807) is 19.2 Å². The fraction of sp³-hybridized carbons (Fsp3) is 0.250. The lowest BCUT2D eigenvalue weighted by atomic mass is 10.1. The van der Waals surface area contributed by atoms with Crippen LogP contribution in [0.2, 0.25) is 5.02 Å². The summed E-state index contributed by atoms with van der Waals surface area (Å²) in [6.45, 7) is 1.87. The van der Waals surface area contributed by atoms with Crippen molar-refractivity contribution in [3.8, 4) is 0 Å². The van der Waals surface area contributed by atoms with Gasteiger partial charge in [0.05, 0.1) is 5.75 Å². The predicted molar refractivity (Wildman–Crippen MR) is 86.7 cm³/mol. The molecule has 0 aromatic heterocycles. The lowest BCUT2D eigenvalue weighted by Gasteiger charge is -2.24. The van der Waals surface area contributed by atoms with Gasteiger partial charge in [-0.25, -0.2) is 8.42 Å². The fourth-order valence-electron chi connectivity index (χ4n) is 2.08. The lowest BCUT2D eigenvalue weighted by molar-refractivity contribution is 0.398. The van der Waals surface area contributed by atoms with Gasteiger partial charge in [-0.3, -0.25) is 0 Å². The molecule has 1 atom stereocenters. The second-order valence-electron chi connectivity index (χ2n) is 4.99. The van der Waals surface area contributed by atoms with Gasteiger partial charge in [0.2, 0.25) is 10.0 Å². The molecule has 0 fully saturated rings. The molecule has 2 rings (SSSR count). The quantitative estimate of drug-likeness (QED) is 0.837. The summed E-state index contributed by atoms with van der Waals surface area (Å²) in [7, 11) is -1.76. The average Bonchev–Trinajstić information content (AvgIpc) is 2.47. The van der Waals surface area contributed by atoms with Crippen LogP contribution in [0.25, 0.3) is 0 Å². The first kappa shape index (κ1) is 16.0. The fourth-order valence-corrected chi connectivity index (χ4v) is 3.63. The van der Waals surface area contributed by atoms with Crippen molar-refractivity contribution in [1.82, 2.24) is 4.31 Å². The molecule has 0 bridgehead atoms. The van der Waals surface area contributed by atoms with Gasteiger partial charge in [-0.05, 0) is 30.2 Å². The lowest BCUT2D eigenvalue weighted by Crippen LogP contribution is -2.30. The molecular weight excluding hydrogens is 306 g/mol. The standard InChI is InChI=1S/C16H18ClNO2S/c1-13(15-8-10-16(17)11-9-15)18(2)21(19,20)12-14-6-4-3-5-7-14/h3-11,13H,12H2,1-2H3/t13-/m1/s1. The van der Waals surface area contributed by atoms with Crippen LogP contribution in [-0.2, 0) is 15.8 Å². The first-order valence-electron chi connectivity index (χ1n) is 6.65. The summed E-state index contributed by atoms with van der Waals surface area (Å²) in [5, 5.41) is 0.640. The Morgan fingerprint density at radius 3 is 2.19 bits per heavy atom. The van der Waals surface area contributed by atoms with Crippen LogP contribution in [0.15, 0.2) is 54.6 Å². The van der Waals surface area contributed by atoms with Crippen molar-refractivity contribution in [1.29, 1.82) is 0 Å². The number of benzene rings is 2. The molecule has 0 saturated heterocycles. The Bertz CT molecular complexity index is 684. The van der Waals surface area contributed by atoms with Gasteiger partial charge in [-0.15, -0.1) is 0 Å². The van der Waals surface area contributed by atoms with Crippen LogP contribution in [-0.4, -0.2) is 19.8 Å². The number of sulfonamides is 1. The molecule has 0 aliphatic heterocycles. The molecule has 0 radical (unpaired) electrons. The largest absolute Gasteiger partial charge is 0.218 e. The van der Waals surface area contributed by atoms with Gasteiger partial charge in [0.1, 0.15) is 0 Å². The molecule has 0 amide bonds. The second-order valence-corrected chi connectivity index (χ2v) is 7.45. The van der Waals surface area contributed by atoms with Gasteiger partial charge in [0, 0.05) is 18.1 Å². The second kappa shape index (κ2) is 6.60. The van der Waals surface area contributed by atoms with Crippen molar-refractivity contribution in [2.45, 2.75) is 18.7 Å². The van der Waals surface area contributed by atoms with Crippen LogP contribution >= 0.6 is 11.6 Å². The minimum Gasteiger partial charge on any atom is -0.212 e. The molecular formula is C16H18ClNO2S. The van der Waals surface area contributed by atoms with Crippen LogP contribution in [0.4, 0.5) is 0 Å². The Morgan fingerprint density at radius 1 is 1.05 bits per heavy atom. The summed E-state index contributed by atoms with van der Waals surface area (Å²) < 4.78 is 26.4. The molecule has 0 aliphatic carbocycles. The van der Waals surface area contributed by atoms with E-state index in [2.05, 4.69) is 0 Å². The van der Waals surface area contributed by atoms with E-state index in [-0.39, 0.29) is 11.8 Å². The van der Waals surface area contributed by atoms with Crippen LogP contribution < -0.4 is 0 Å². The van der Waals surface area contributed by atoms with E-state index in [1.807, 2.05) is 49.4 Å². The normalized spacial score (nSPS) is 13.3. The third kappa shape index (κ3) is 4.06. The molecule has 3 nitrogen and oxygen atoms in total. The van der Waals surface area contributed by atoms with Crippen molar-refractivity contribution in [2.24, 2.45) is 0 Å². The summed E-state index contributed by atoms with van der Waals surface area (Å²) in [5.74, 6) is 0.00225. The summed E-state index contributed by atoms with van der Waals surface area (Å²) in [6, 6.07) is 16.2. The van der Waals surface area contributed by atoms with Gasteiger partial charge >= 0.3 is 0 Å². The molecule has 0 heterocycles. The maximum absolute atomic E-state index is 12.5. The number of hydrogen-bond acceptors (Lipinski definition) is 2. The zero-order valence-corrected chi connectivity index (χ0v) is 13.6. The minimum absolute atomic E-state index is 0.00225. The first-order chi connectivity index (χ1) is 9.90. The number of hydrogen-bond donors (Lipinski definition) is 0. The van der Waals surface area contributed by atoms with Crippen molar-refractivity contribution >= 4 is 21.6 Å². The molecule has 0 unspecified atom stereocenters. The van der Waals surface area contributed by atoms with Gasteiger partial charge in [-0.2, -0.15) is 4.31 Å². The Morgan fingerprint density at radius 2 is 1.62 bits per heavy atom. The molecule has 0 N–H and O–H groups in total. The van der Waals surface area contributed by atoms with E-state index >= 15 is 0 Å². The molecule has 21 heavy (non-hydrogen) atoms. The first-order valence-corrected chi connectivity index (χ1v) is 8.64. The number of rotatable bonds is 5. The van der Waals surface area contributed by atoms with Crippen molar-refractivity contribution in [3.63, 3.8) is 0 Å². The number of nitrogens with zero attached hydrogens (tertiary/aromatic N) is 1. The maximum atomic E-state index is 12.5. The highest BCUT2D eigenvalue weighted by Gasteiger charge is 2.24. The molecule has 5 heteroatoms. The zero-order chi connectivity index (χ0) is 15.5. The van der Waals surface area contributed by atoms with E-state index in [4.69, 9.17) is 11.6 Å². The van der Waals surface area contributed by atoms with E-state index in [1.165, 1.54) is 4.31 Å². The van der Waals surface area contributed by atoms with Gasteiger partial charge in [0.15, 0.2) is 0 Å². The Kier molecular flexibility index (Phi) is 5.04. The van der Waals surface area contributed by atoms with Crippen LogP contribution in [0.5, 0.6) is 0 Å². The topological polar surface area (TPSA) is 37.4 Å². The summed E-state index contributed by atoms with van der Waals surface area (Å²) in [5.41, 5.74) is 1.70. The Labute approximate surface area is 131 Å². The third-order valence-corrected chi connectivity index (χ3v) is 5.67. The summed E-state index contributed by atoms with van der Waals surface area (Å²) in [6.07, 6.45) is 0. The van der Waals surface area contributed by atoms with Gasteiger partial charge in [0.25, 0.3) is 0 Å². The Balaban J connectivity index is 2.17.